The Hall–Kier alpha value is -1.35. The monoisotopic (exact) mass is 335 g/mol. The number of hydrogen-bond donors (Lipinski definition) is 1. The molecule has 0 aliphatic heterocycles. The molecular formula is C17H19BrFN. The van der Waals surface area contributed by atoms with Crippen LogP contribution in [0.4, 0.5) is 10.1 Å². The SMILES string of the molecule is CC(C)c1ccc(C(C)Nc2cc(Br)ccc2F)cc1. The van der Waals surface area contributed by atoms with Gasteiger partial charge in [0.25, 0.3) is 0 Å². The van der Waals surface area contributed by atoms with Gasteiger partial charge >= 0.3 is 0 Å². The zero-order valence-corrected chi connectivity index (χ0v) is 13.5. The highest BCUT2D eigenvalue weighted by atomic mass is 79.9. The average molecular weight is 336 g/mol. The average Bonchev–Trinajstić information content (AvgIpc) is 2.43. The van der Waals surface area contributed by atoms with Crippen LogP contribution < -0.4 is 5.32 Å². The molecule has 0 saturated heterocycles. The number of benzene rings is 2. The quantitative estimate of drug-likeness (QED) is 0.735. The van der Waals surface area contributed by atoms with Crippen LogP contribution in [0.15, 0.2) is 46.9 Å². The summed E-state index contributed by atoms with van der Waals surface area (Å²) >= 11 is 3.36. The maximum atomic E-state index is 13.7. The fourth-order valence-electron chi connectivity index (χ4n) is 2.09. The third-order valence-electron chi connectivity index (χ3n) is 3.40. The van der Waals surface area contributed by atoms with Gasteiger partial charge < -0.3 is 5.32 Å². The summed E-state index contributed by atoms with van der Waals surface area (Å²) in [5.41, 5.74) is 2.98. The molecule has 1 N–H and O–H groups in total. The van der Waals surface area contributed by atoms with Gasteiger partial charge in [-0.3, -0.25) is 0 Å². The van der Waals surface area contributed by atoms with Crippen LogP contribution in [-0.2, 0) is 0 Å². The molecule has 2 aromatic rings. The predicted molar refractivity (Wildman–Crippen MR) is 86.7 cm³/mol. The molecule has 2 aromatic carbocycles. The van der Waals surface area contributed by atoms with Crippen LogP contribution in [0.2, 0.25) is 0 Å². The molecule has 0 radical (unpaired) electrons. The van der Waals surface area contributed by atoms with E-state index in [2.05, 4.69) is 59.4 Å². The second-order valence-corrected chi connectivity index (χ2v) is 6.23. The van der Waals surface area contributed by atoms with Crippen molar-refractivity contribution in [3.8, 4) is 0 Å². The Kier molecular flexibility index (Phi) is 4.81. The van der Waals surface area contributed by atoms with Gasteiger partial charge in [-0.25, -0.2) is 4.39 Å². The summed E-state index contributed by atoms with van der Waals surface area (Å²) in [5.74, 6) is 0.286. The van der Waals surface area contributed by atoms with Gasteiger partial charge in [0.15, 0.2) is 0 Å². The smallest absolute Gasteiger partial charge is 0.146 e. The summed E-state index contributed by atoms with van der Waals surface area (Å²) in [7, 11) is 0. The van der Waals surface area contributed by atoms with Crippen LogP contribution in [0.1, 0.15) is 43.9 Å². The van der Waals surface area contributed by atoms with Crippen molar-refractivity contribution in [2.24, 2.45) is 0 Å². The molecule has 0 aliphatic rings. The summed E-state index contributed by atoms with van der Waals surface area (Å²) in [6, 6.07) is 13.4. The third-order valence-corrected chi connectivity index (χ3v) is 3.90. The molecule has 1 unspecified atom stereocenters. The number of anilines is 1. The van der Waals surface area contributed by atoms with Crippen molar-refractivity contribution >= 4 is 21.6 Å². The largest absolute Gasteiger partial charge is 0.376 e. The van der Waals surface area contributed by atoms with Gasteiger partial charge in [0.1, 0.15) is 5.82 Å². The Morgan fingerprint density at radius 2 is 1.55 bits per heavy atom. The second kappa shape index (κ2) is 6.40. The molecule has 3 heteroatoms. The van der Waals surface area contributed by atoms with Crippen LogP contribution in [0.3, 0.4) is 0 Å². The van der Waals surface area contributed by atoms with E-state index in [1.807, 2.05) is 6.92 Å². The van der Waals surface area contributed by atoms with E-state index in [0.717, 1.165) is 10.0 Å². The minimum atomic E-state index is -0.237. The highest BCUT2D eigenvalue weighted by Gasteiger charge is 2.09. The first-order chi connectivity index (χ1) is 9.47. The first kappa shape index (κ1) is 15.0. The van der Waals surface area contributed by atoms with Gasteiger partial charge in [-0.05, 0) is 42.2 Å². The highest BCUT2D eigenvalue weighted by molar-refractivity contribution is 9.10. The van der Waals surface area contributed by atoms with Gasteiger partial charge in [-0.15, -0.1) is 0 Å². The molecule has 0 saturated carbocycles. The number of halogens is 2. The molecule has 0 amide bonds. The van der Waals surface area contributed by atoms with Crippen LogP contribution in [0, 0.1) is 5.82 Å². The lowest BCUT2D eigenvalue weighted by Crippen LogP contribution is -2.08. The van der Waals surface area contributed by atoms with Crippen LogP contribution in [0.25, 0.3) is 0 Å². The minimum Gasteiger partial charge on any atom is -0.376 e. The Morgan fingerprint density at radius 3 is 2.15 bits per heavy atom. The number of hydrogen-bond acceptors (Lipinski definition) is 1. The van der Waals surface area contributed by atoms with Crippen LogP contribution in [0.5, 0.6) is 0 Å². The van der Waals surface area contributed by atoms with Gasteiger partial charge in [0, 0.05) is 10.5 Å². The zero-order valence-electron chi connectivity index (χ0n) is 12.0. The highest BCUT2D eigenvalue weighted by Crippen LogP contribution is 2.25. The van der Waals surface area contributed by atoms with Crippen molar-refractivity contribution in [3.05, 3.63) is 63.9 Å². The van der Waals surface area contributed by atoms with E-state index < -0.39 is 0 Å². The normalized spacial score (nSPS) is 12.5. The molecule has 1 nitrogen and oxygen atoms in total. The predicted octanol–water partition coefficient (Wildman–Crippen LogP) is 5.88. The maximum Gasteiger partial charge on any atom is 0.146 e. The Balaban J connectivity index is 2.15. The van der Waals surface area contributed by atoms with Crippen molar-refractivity contribution in [3.63, 3.8) is 0 Å². The summed E-state index contributed by atoms with van der Waals surface area (Å²) in [6.07, 6.45) is 0. The van der Waals surface area contributed by atoms with E-state index >= 15 is 0 Å². The van der Waals surface area contributed by atoms with E-state index in [0.29, 0.717) is 11.6 Å². The fourth-order valence-corrected chi connectivity index (χ4v) is 2.46. The Morgan fingerprint density at radius 1 is 0.950 bits per heavy atom. The lowest BCUT2D eigenvalue weighted by Gasteiger charge is -2.17. The van der Waals surface area contributed by atoms with E-state index in [-0.39, 0.29) is 11.9 Å². The van der Waals surface area contributed by atoms with Crippen molar-refractivity contribution < 1.29 is 4.39 Å². The molecule has 1 atom stereocenters. The minimum absolute atomic E-state index is 0.0556. The molecule has 106 valence electrons. The first-order valence-corrected chi connectivity index (χ1v) is 7.58. The van der Waals surface area contributed by atoms with E-state index in [1.54, 1.807) is 12.1 Å². The van der Waals surface area contributed by atoms with Gasteiger partial charge in [-0.1, -0.05) is 54.0 Å². The number of nitrogens with one attached hydrogen (secondary N) is 1. The molecule has 0 heterocycles. The summed E-state index contributed by atoms with van der Waals surface area (Å²) in [5, 5.41) is 3.21. The maximum absolute atomic E-state index is 13.7. The van der Waals surface area contributed by atoms with Crippen molar-refractivity contribution in [2.75, 3.05) is 5.32 Å². The summed E-state index contributed by atoms with van der Waals surface area (Å²) in [6.45, 7) is 6.38. The lowest BCUT2D eigenvalue weighted by molar-refractivity contribution is 0.627. The molecule has 0 fully saturated rings. The van der Waals surface area contributed by atoms with Crippen LogP contribution >= 0.6 is 15.9 Å². The molecule has 20 heavy (non-hydrogen) atoms. The molecule has 0 spiro atoms. The van der Waals surface area contributed by atoms with E-state index in [1.165, 1.54) is 11.6 Å². The molecule has 2 rings (SSSR count). The molecule has 0 aromatic heterocycles. The molecular weight excluding hydrogens is 317 g/mol. The summed E-state index contributed by atoms with van der Waals surface area (Å²) < 4.78 is 14.6. The van der Waals surface area contributed by atoms with Crippen molar-refractivity contribution in [1.29, 1.82) is 0 Å². The van der Waals surface area contributed by atoms with Crippen LogP contribution in [-0.4, -0.2) is 0 Å². The standard InChI is InChI=1S/C17H19BrFN/c1-11(2)13-4-6-14(7-5-13)12(3)20-17-10-15(18)8-9-16(17)19/h4-12,20H,1-3H3. The fraction of sp³-hybridized carbons (Fsp3) is 0.294. The topological polar surface area (TPSA) is 12.0 Å². The van der Waals surface area contributed by atoms with E-state index in [9.17, 15) is 4.39 Å². The Labute approximate surface area is 128 Å². The Bertz CT molecular complexity index is 578. The first-order valence-electron chi connectivity index (χ1n) is 6.79. The van der Waals surface area contributed by atoms with Gasteiger partial charge in [0.2, 0.25) is 0 Å². The molecule has 0 aliphatic carbocycles. The van der Waals surface area contributed by atoms with Gasteiger partial charge in [0.05, 0.1) is 5.69 Å². The second-order valence-electron chi connectivity index (χ2n) is 5.31. The lowest BCUT2D eigenvalue weighted by atomic mass is 9.99. The third kappa shape index (κ3) is 3.60. The number of rotatable bonds is 4. The van der Waals surface area contributed by atoms with E-state index in [4.69, 9.17) is 0 Å². The molecule has 0 bridgehead atoms. The van der Waals surface area contributed by atoms with Crippen molar-refractivity contribution in [1.82, 2.24) is 0 Å². The zero-order chi connectivity index (χ0) is 14.7. The van der Waals surface area contributed by atoms with Crippen molar-refractivity contribution in [2.45, 2.75) is 32.7 Å². The van der Waals surface area contributed by atoms with Gasteiger partial charge in [-0.2, -0.15) is 0 Å². The summed E-state index contributed by atoms with van der Waals surface area (Å²) in [4.78, 5) is 0.